The highest BCUT2D eigenvalue weighted by Gasteiger charge is 2.27. The zero-order valence-corrected chi connectivity index (χ0v) is 13.2. The molecule has 0 aliphatic carbocycles. The van der Waals surface area contributed by atoms with Crippen LogP contribution in [0, 0.1) is 6.92 Å². The highest BCUT2D eigenvalue weighted by atomic mass is 16.6. The van der Waals surface area contributed by atoms with E-state index in [0.717, 1.165) is 18.7 Å². The number of aromatic nitrogens is 2. The third-order valence-corrected chi connectivity index (χ3v) is 4.25. The molecule has 0 saturated carbocycles. The Kier molecular flexibility index (Phi) is 3.37. The smallest absolute Gasteiger partial charge is 0.258 e. The predicted molar refractivity (Wildman–Crippen MR) is 85.7 cm³/mol. The van der Waals surface area contributed by atoms with E-state index in [1.807, 2.05) is 7.05 Å². The zero-order chi connectivity index (χ0) is 16.0. The summed E-state index contributed by atoms with van der Waals surface area (Å²) in [4.78, 5) is 21.7. The Morgan fingerprint density at radius 1 is 1.43 bits per heavy atom. The summed E-state index contributed by atoms with van der Waals surface area (Å²) in [6.07, 6.45) is 0.829. The fourth-order valence-electron chi connectivity index (χ4n) is 3.09. The molecule has 4 rings (SSSR count). The summed E-state index contributed by atoms with van der Waals surface area (Å²) >= 11 is 0. The quantitative estimate of drug-likeness (QED) is 0.898. The van der Waals surface area contributed by atoms with E-state index in [2.05, 4.69) is 14.9 Å². The number of nitrogens with one attached hydrogen (secondary N) is 1. The number of hydrogen-bond donors (Lipinski definition) is 1. The van der Waals surface area contributed by atoms with Gasteiger partial charge in [-0.1, -0.05) is 0 Å². The molecule has 1 saturated heterocycles. The Balaban J connectivity index is 1.94. The first kappa shape index (κ1) is 14.3. The molecule has 0 spiro atoms. The van der Waals surface area contributed by atoms with Gasteiger partial charge in [0.25, 0.3) is 5.56 Å². The summed E-state index contributed by atoms with van der Waals surface area (Å²) in [7, 11) is 1.97. The molecule has 23 heavy (non-hydrogen) atoms. The first-order chi connectivity index (χ1) is 11.1. The van der Waals surface area contributed by atoms with Crippen LogP contribution in [0.15, 0.2) is 10.9 Å². The molecule has 7 nitrogen and oxygen atoms in total. The van der Waals surface area contributed by atoms with Gasteiger partial charge in [0.05, 0.1) is 25.1 Å². The van der Waals surface area contributed by atoms with Gasteiger partial charge in [-0.15, -0.1) is 0 Å². The van der Waals surface area contributed by atoms with E-state index in [-0.39, 0.29) is 11.7 Å². The zero-order valence-electron chi connectivity index (χ0n) is 13.2. The van der Waals surface area contributed by atoms with Crippen LogP contribution in [0.4, 0.5) is 5.69 Å². The summed E-state index contributed by atoms with van der Waals surface area (Å²) in [6.45, 7) is 4.35. The van der Waals surface area contributed by atoms with Crippen molar-refractivity contribution in [1.29, 1.82) is 0 Å². The summed E-state index contributed by atoms with van der Waals surface area (Å²) in [5.74, 6) is 1.84. The Morgan fingerprint density at radius 3 is 3.09 bits per heavy atom. The van der Waals surface area contributed by atoms with E-state index in [4.69, 9.17) is 14.2 Å². The first-order valence-electron chi connectivity index (χ1n) is 7.79. The lowest BCUT2D eigenvalue weighted by Gasteiger charge is -2.30. The number of rotatable bonds is 2. The van der Waals surface area contributed by atoms with Crippen molar-refractivity contribution >= 4 is 16.6 Å². The Morgan fingerprint density at radius 2 is 2.30 bits per heavy atom. The van der Waals surface area contributed by atoms with Crippen molar-refractivity contribution < 1.29 is 14.2 Å². The third-order valence-electron chi connectivity index (χ3n) is 4.25. The van der Waals surface area contributed by atoms with Crippen LogP contribution in [0.25, 0.3) is 10.9 Å². The Bertz CT molecular complexity index is 811. The van der Waals surface area contributed by atoms with Gasteiger partial charge >= 0.3 is 0 Å². The minimum absolute atomic E-state index is 0.00938. The largest absolute Gasteiger partial charge is 0.486 e. The number of nitrogens with zero attached hydrogens (tertiary/aromatic N) is 2. The van der Waals surface area contributed by atoms with E-state index >= 15 is 0 Å². The molecule has 1 N–H and O–H groups in total. The number of ether oxygens (including phenoxy) is 3. The molecular formula is C16H19N3O4. The van der Waals surface area contributed by atoms with Crippen molar-refractivity contribution in [3.05, 3.63) is 22.2 Å². The first-order valence-corrected chi connectivity index (χ1v) is 7.79. The van der Waals surface area contributed by atoms with Crippen molar-refractivity contribution in [3.63, 3.8) is 0 Å². The molecule has 0 bridgehead atoms. The van der Waals surface area contributed by atoms with Crippen molar-refractivity contribution in [2.24, 2.45) is 0 Å². The van der Waals surface area contributed by atoms with Gasteiger partial charge in [0.2, 0.25) is 0 Å². The van der Waals surface area contributed by atoms with Crippen molar-refractivity contribution in [2.45, 2.75) is 19.4 Å². The minimum Gasteiger partial charge on any atom is -0.486 e. The van der Waals surface area contributed by atoms with E-state index in [1.165, 1.54) is 0 Å². The number of benzene rings is 1. The maximum atomic E-state index is 12.3. The lowest BCUT2D eigenvalue weighted by molar-refractivity contribution is 0.137. The van der Waals surface area contributed by atoms with E-state index < -0.39 is 0 Å². The van der Waals surface area contributed by atoms with Crippen LogP contribution in [-0.4, -0.2) is 49.5 Å². The van der Waals surface area contributed by atoms with Gasteiger partial charge in [0.1, 0.15) is 29.7 Å². The number of fused-ring (bicyclic) bond motifs is 3. The minimum atomic E-state index is -0.165. The van der Waals surface area contributed by atoms with Crippen molar-refractivity contribution in [2.75, 3.05) is 38.3 Å². The second-order valence-corrected chi connectivity index (χ2v) is 5.97. The number of hydrogen-bond acceptors (Lipinski definition) is 6. The van der Waals surface area contributed by atoms with Crippen LogP contribution in [0.2, 0.25) is 0 Å². The summed E-state index contributed by atoms with van der Waals surface area (Å²) < 4.78 is 17.3. The van der Waals surface area contributed by atoms with Crippen LogP contribution in [0.1, 0.15) is 12.2 Å². The topological polar surface area (TPSA) is 76.7 Å². The molecule has 0 radical (unpaired) electrons. The maximum Gasteiger partial charge on any atom is 0.258 e. The molecule has 0 amide bonds. The van der Waals surface area contributed by atoms with E-state index in [1.54, 1.807) is 13.0 Å². The SMILES string of the molecule is Cc1nc2c3c(c(O[C@H]4CCOC4)cc2c(=O)[nH]1)OCCN3C. The van der Waals surface area contributed by atoms with Crippen LogP contribution in [0.5, 0.6) is 11.5 Å². The van der Waals surface area contributed by atoms with Crippen molar-refractivity contribution in [3.8, 4) is 11.5 Å². The molecule has 122 valence electrons. The van der Waals surface area contributed by atoms with Crippen LogP contribution >= 0.6 is 0 Å². The third kappa shape index (κ3) is 2.41. The van der Waals surface area contributed by atoms with Gasteiger partial charge < -0.3 is 24.1 Å². The highest BCUT2D eigenvalue weighted by Crippen LogP contribution is 2.44. The summed E-state index contributed by atoms with van der Waals surface area (Å²) in [6, 6.07) is 1.73. The van der Waals surface area contributed by atoms with Crippen LogP contribution in [-0.2, 0) is 4.74 Å². The summed E-state index contributed by atoms with van der Waals surface area (Å²) in [5, 5.41) is 0.514. The summed E-state index contributed by atoms with van der Waals surface area (Å²) in [5.41, 5.74) is 1.30. The van der Waals surface area contributed by atoms with Gasteiger partial charge in [0.15, 0.2) is 11.5 Å². The van der Waals surface area contributed by atoms with Gasteiger partial charge in [-0.3, -0.25) is 4.79 Å². The Hall–Kier alpha value is -2.28. The molecule has 2 aromatic rings. The standard InChI is InChI=1S/C16H19N3O4/c1-9-17-13-11(16(20)18-9)7-12(23-10-3-5-21-8-10)15-14(13)19(2)4-6-22-15/h7,10H,3-6,8H2,1-2H3,(H,17,18,20)/t10-/m0/s1. The lowest BCUT2D eigenvalue weighted by atomic mass is 10.1. The van der Waals surface area contributed by atoms with Gasteiger partial charge in [-0.05, 0) is 13.0 Å². The maximum absolute atomic E-state index is 12.3. The van der Waals surface area contributed by atoms with Crippen LogP contribution in [0.3, 0.4) is 0 Å². The molecule has 2 aliphatic heterocycles. The molecule has 1 aromatic carbocycles. The molecule has 0 unspecified atom stereocenters. The van der Waals surface area contributed by atoms with Crippen LogP contribution < -0.4 is 19.9 Å². The lowest BCUT2D eigenvalue weighted by Crippen LogP contribution is -2.30. The molecule has 3 heterocycles. The molecule has 1 aromatic heterocycles. The number of aromatic amines is 1. The average molecular weight is 317 g/mol. The second-order valence-electron chi connectivity index (χ2n) is 5.97. The predicted octanol–water partition coefficient (Wildman–Crippen LogP) is 1.23. The molecule has 1 fully saturated rings. The fraction of sp³-hybridized carbons (Fsp3) is 0.500. The number of anilines is 1. The molecule has 7 heteroatoms. The van der Waals surface area contributed by atoms with Gasteiger partial charge in [-0.25, -0.2) is 4.98 Å². The fourth-order valence-corrected chi connectivity index (χ4v) is 3.09. The van der Waals surface area contributed by atoms with Crippen molar-refractivity contribution in [1.82, 2.24) is 9.97 Å². The molecule has 2 aliphatic rings. The Labute approximate surface area is 133 Å². The number of likely N-dealkylation sites (N-methyl/N-ethyl adjacent to an activating group) is 1. The average Bonchev–Trinajstić information content (AvgIpc) is 3.01. The van der Waals surface area contributed by atoms with Gasteiger partial charge in [0, 0.05) is 13.5 Å². The molecule has 1 atom stereocenters. The van der Waals surface area contributed by atoms with Gasteiger partial charge in [-0.2, -0.15) is 0 Å². The molecular weight excluding hydrogens is 298 g/mol. The normalized spacial score (nSPS) is 20.4. The number of H-pyrrole nitrogens is 1. The monoisotopic (exact) mass is 317 g/mol. The number of aryl methyl sites for hydroxylation is 1. The van der Waals surface area contributed by atoms with E-state index in [0.29, 0.717) is 48.0 Å². The highest BCUT2D eigenvalue weighted by molar-refractivity contribution is 5.96. The van der Waals surface area contributed by atoms with E-state index in [9.17, 15) is 4.79 Å². The second kappa shape index (κ2) is 5.42.